The predicted molar refractivity (Wildman–Crippen MR) is 164 cm³/mol. The minimum atomic E-state index is -0.786. The number of carbonyl (C=O) groups is 2. The number of benzene rings is 3. The zero-order valence-electron chi connectivity index (χ0n) is 23.6. The molecule has 0 radical (unpaired) electrons. The van der Waals surface area contributed by atoms with E-state index in [1.54, 1.807) is 32.9 Å². The number of aliphatic carboxylic acids is 1. The van der Waals surface area contributed by atoms with Crippen LogP contribution in [0.1, 0.15) is 73.1 Å². The van der Waals surface area contributed by atoms with Gasteiger partial charge in [-0.2, -0.15) is 0 Å². The number of ether oxygens (including phenoxy) is 1. The van der Waals surface area contributed by atoms with Crippen molar-refractivity contribution in [2.75, 3.05) is 0 Å². The number of carboxylic acid groups (broad SMARTS) is 1. The first-order valence-corrected chi connectivity index (χ1v) is 12.1. The van der Waals surface area contributed by atoms with Gasteiger partial charge < -0.3 is 14.9 Å². The summed E-state index contributed by atoms with van der Waals surface area (Å²) >= 11 is 0. The van der Waals surface area contributed by atoms with E-state index in [0.717, 1.165) is 11.1 Å². The van der Waals surface area contributed by atoms with E-state index in [9.17, 15) is 9.59 Å². The molecule has 0 spiro atoms. The summed E-state index contributed by atoms with van der Waals surface area (Å²) in [5.74, 6) is -0.963. The van der Waals surface area contributed by atoms with Crippen LogP contribution in [0.15, 0.2) is 91.0 Å². The van der Waals surface area contributed by atoms with Gasteiger partial charge in [-0.05, 0) is 59.6 Å². The van der Waals surface area contributed by atoms with Gasteiger partial charge in [-0.1, -0.05) is 111 Å². The molecule has 0 bridgehead atoms. The van der Waals surface area contributed by atoms with E-state index in [4.69, 9.17) is 19.6 Å². The normalized spacial score (nSPS) is 9.25. The van der Waals surface area contributed by atoms with Gasteiger partial charge in [0.1, 0.15) is 5.60 Å². The number of aliphatic hydroxyl groups is 1. The number of carboxylic acids is 1. The van der Waals surface area contributed by atoms with Crippen LogP contribution < -0.4 is 0 Å². The average Bonchev–Trinajstić information content (AvgIpc) is 2.80. The fourth-order valence-electron chi connectivity index (χ4n) is 2.44. The number of hydrogen-bond donors (Lipinski definition) is 2. The van der Waals surface area contributed by atoms with Crippen molar-refractivity contribution in [3.05, 3.63) is 114 Å². The molecule has 3 rings (SSSR count). The van der Waals surface area contributed by atoms with Gasteiger partial charge in [0.15, 0.2) is 0 Å². The quantitative estimate of drug-likeness (QED) is 0.194. The van der Waals surface area contributed by atoms with Crippen molar-refractivity contribution in [1.29, 1.82) is 0 Å². The van der Waals surface area contributed by atoms with Gasteiger partial charge in [0.05, 0.1) is 18.4 Å². The van der Waals surface area contributed by atoms with E-state index in [2.05, 4.69) is 25.7 Å². The number of hydrogen-bond acceptors (Lipinski definition) is 4. The molecule has 0 unspecified atom stereocenters. The molecule has 6 heteroatoms. The first-order chi connectivity index (χ1) is 17.7. The van der Waals surface area contributed by atoms with Crippen LogP contribution in [-0.4, -0.2) is 33.4 Å². The Morgan fingerprint density at radius 1 is 0.700 bits per heavy atom. The maximum atomic E-state index is 11.4. The van der Waals surface area contributed by atoms with Crippen molar-refractivity contribution in [3.8, 4) is 0 Å². The second-order valence-electron chi connectivity index (χ2n) is 10.1. The molecule has 3 aromatic rings. The SMILES string of the molecule is C.C.CC(C)(C)O.CC(C)(C)OC(=O)Cc1ccccc1.Cc1ccccc1.O=C(O)Cc1ccccc1.[C-]#[O+]. The molecule has 0 atom stereocenters. The molecule has 222 valence electrons. The Bertz CT molecular complexity index is 1010. The van der Waals surface area contributed by atoms with E-state index in [0.29, 0.717) is 6.42 Å². The second kappa shape index (κ2) is 24.3. The molecular weight excluding hydrogens is 504 g/mol. The molecular formula is C34H50O6. The molecule has 2 N–H and O–H groups in total. The maximum absolute atomic E-state index is 11.4. The Labute approximate surface area is 242 Å². The van der Waals surface area contributed by atoms with Crippen LogP contribution in [0.2, 0.25) is 0 Å². The zero-order chi connectivity index (χ0) is 29.6. The standard InChI is InChI=1S/C12H16O2.C8H8O2.C7H8.C4H10O.CO.2CH4/c1-12(2,3)14-11(13)9-10-7-5-4-6-8-10;9-8(10)6-7-4-2-1-3-5-7;1-7-5-3-2-4-6-7;1-4(2,3)5;1-2;;/h4-8H,9H2,1-3H3;1-5H,6H2,(H,9,10);2-6H,1H3;5H,1-3H3;;2*1H4. The van der Waals surface area contributed by atoms with E-state index < -0.39 is 17.2 Å². The molecule has 0 aliphatic rings. The van der Waals surface area contributed by atoms with E-state index in [1.807, 2.05) is 87.5 Å². The summed E-state index contributed by atoms with van der Waals surface area (Å²) in [5, 5.41) is 16.9. The van der Waals surface area contributed by atoms with Gasteiger partial charge in [-0.15, -0.1) is 0 Å². The Morgan fingerprint density at radius 2 is 1.00 bits per heavy atom. The third-order valence-corrected chi connectivity index (χ3v) is 3.75. The van der Waals surface area contributed by atoms with Crippen molar-refractivity contribution in [3.63, 3.8) is 0 Å². The predicted octanol–water partition coefficient (Wildman–Crippen LogP) is 7.89. The van der Waals surface area contributed by atoms with E-state index in [1.165, 1.54) is 5.56 Å². The summed E-state index contributed by atoms with van der Waals surface area (Å²) in [5.41, 5.74) is 2.26. The van der Waals surface area contributed by atoms with Crippen molar-refractivity contribution in [1.82, 2.24) is 0 Å². The summed E-state index contributed by atoms with van der Waals surface area (Å²) in [7, 11) is 0. The molecule has 0 saturated heterocycles. The van der Waals surface area contributed by atoms with E-state index in [-0.39, 0.29) is 27.2 Å². The first kappa shape index (κ1) is 43.4. The molecule has 40 heavy (non-hydrogen) atoms. The number of rotatable bonds is 4. The third-order valence-electron chi connectivity index (χ3n) is 3.75. The number of aryl methyl sites for hydroxylation is 1. The first-order valence-electron chi connectivity index (χ1n) is 12.1. The molecule has 0 aromatic heterocycles. The van der Waals surface area contributed by atoms with Gasteiger partial charge in [-0.25, -0.2) is 0 Å². The van der Waals surface area contributed by atoms with Gasteiger partial charge in [0.2, 0.25) is 0 Å². The van der Waals surface area contributed by atoms with Gasteiger partial charge in [0.25, 0.3) is 0 Å². The topological polar surface area (TPSA) is 104 Å². The summed E-state index contributed by atoms with van der Waals surface area (Å²) in [6, 6.07) is 29.0. The van der Waals surface area contributed by atoms with Crippen LogP contribution in [0.5, 0.6) is 0 Å². The number of carbonyl (C=O) groups excluding carboxylic acids is 1. The summed E-state index contributed by atoms with van der Waals surface area (Å²) in [4.78, 5) is 21.6. The summed E-state index contributed by atoms with van der Waals surface area (Å²) in [6.45, 7) is 17.4. The van der Waals surface area contributed by atoms with E-state index >= 15 is 0 Å². The summed E-state index contributed by atoms with van der Waals surface area (Å²) < 4.78 is 12.7. The summed E-state index contributed by atoms with van der Waals surface area (Å²) in [6.07, 6.45) is 0.457. The van der Waals surface area contributed by atoms with Crippen molar-refractivity contribution < 1.29 is 29.2 Å². The van der Waals surface area contributed by atoms with Crippen molar-refractivity contribution in [2.45, 2.75) is 87.4 Å². The molecule has 0 fully saturated rings. The fourth-order valence-corrected chi connectivity index (χ4v) is 2.44. The van der Waals surface area contributed by atoms with Crippen LogP contribution in [-0.2, 0) is 31.8 Å². The minimum absolute atomic E-state index is 0. The molecule has 0 saturated carbocycles. The molecule has 0 amide bonds. The molecule has 3 aromatic carbocycles. The van der Waals surface area contributed by atoms with Gasteiger partial charge in [0, 0.05) is 0 Å². The molecule has 0 aliphatic heterocycles. The van der Waals surface area contributed by atoms with Gasteiger partial charge in [-0.3, -0.25) is 9.59 Å². The number of esters is 1. The van der Waals surface area contributed by atoms with Crippen molar-refractivity contribution >= 4 is 11.9 Å². The van der Waals surface area contributed by atoms with Crippen LogP contribution in [0.3, 0.4) is 0 Å². The van der Waals surface area contributed by atoms with Crippen LogP contribution >= 0.6 is 0 Å². The Kier molecular flexibility index (Phi) is 26.4. The average molecular weight is 555 g/mol. The monoisotopic (exact) mass is 554 g/mol. The Balaban J connectivity index is -0.000000220. The van der Waals surface area contributed by atoms with Crippen LogP contribution in [0, 0.1) is 13.6 Å². The third kappa shape index (κ3) is 34.3. The van der Waals surface area contributed by atoms with Crippen LogP contribution in [0.4, 0.5) is 0 Å². The second-order valence-corrected chi connectivity index (χ2v) is 10.1. The van der Waals surface area contributed by atoms with Crippen LogP contribution in [0.25, 0.3) is 0 Å². The van der Waals surface area contributed by atoms with Crippen molar-refractivity contribution in [2.24, 2.45) is 0 Å². The molecule has 0 aliphatic carbocycles. The zero-order valence-corrected chi connectivity index (χ0v) is 23.6. The fraction of sp³-hybridized carbons (Fsp3) is 0.382. The molecule has 0 heterocycles. The molecule has 6 nitrogen and oxygen atoms in total. The Morgan fingerprint density at radius 3 is 1.25 bits per heavy atom. The Hall–Kier alpha value is -3.70. The van der Waals surface area contributed by atoms with Gasteiger partial charge >= 0.3 is 23.2 Å².